The molecule has 9 heteroatoms. The van der Waals surface area contributed by atoms with E-state index < -0.39 is 0 Å². The highest BCUT2D eigenvalue weighted by Crippen LogP contribution is 2.10. The van der Waals surface area contributed by atoms with E-state index in [0.29, 0.717) is 99.1 Å². The fourth-order valence-corrected chi connectivity index (χ4v) is 3.62. The second-order valence-electron chi connectivity index (χ2n) is 8.77. The minimum Gasteiger partial charge on any atom is -0.379 e. The molecule has 0 saturated heterocycles. The summed E-state index contributed by atoms with van der Waals surface area (Å²) in [6.07, 6.45) is 13.5. The summed E-state index contributed by atoms with van der Waals surface area (Å²) in [4.78, 5) is 0. The van der Waals surface area contributed by atoms with Crippen LogP contribution in [0.3, 0.4) is 0 Å². The van der Waals surface area contributed by atoms with E-state index in [1.54, 1.807) is 0 Å². The molecule has 0 N–H and O–H groups in total. The third kappa shape index (κ3) is 36.2. The number of halogens is 1. The summed E-state index contributed by atoms with van der Waals surface area (Å²) in [5, 5.41) is 0.848. The maximum Gasteiger partial charge on any atom is 0.0701 e. The topological polar surface area (TPSA) is 73.8 Å². The molecule has 0 radical (unpaired) electrons. The van der Waals surface area contributed by atoms with E-state index in [1.807, 2.05) is 0 Å². The first-order valence-electron chi connectivity index (χ1n) is 14.6. The van der Waals surface area contributed by atoms with Gasteiger partial charge in [-0.2, -0.15) is 0 Å². The molecular weight excluding hydrogens is 544 g/mol. The number of hydrogen-bond donors (Lipinski definition) is 0. The van der Waals surface area contributed by atoms with Crippen molar-refractivity contribution in [1.29, 1.82) is 0 Å². The first-order valence-corrected chi connectivity index (χ1v) is 15.7. The van der Waals surface area contributed by atoms with Gasteiger partial charge in [-0.1, -0.05) is 80.6 Å². The van der Waals surface area contributed by atoms with E-state index in [9.17, 15) is 0 Å². The number of unbranched alkanes of at least 4 members (excludes halogenated alkanes) is 9. The maximum atomic E-state index is 5.63. The fourth-order valence-electron chi connectivity index (χ4n) is 3.39. The Kier molecular flexibility index (Phi) is 36.3. The number of rotatable bonds is 34. The van der Waals surface area contributed by atoms with Crippen LogP contribution in [0.1, 0.15) is 71.1 Å². The molecule has 0 aromatic heterocycles. The highest BCUT2D eigenvalue weighted by molar-refractivity contribution is 9.09. The van der Waals surface area contributed by atoms with Crippen molar-refractivity contribution < 1.29 is 37.9 Å². The van der Waals surface area contributed by atoms with Gasteiger partial charge in [-0.25, -0.2) is 0 Å². The fraction of sp³-hybridized carbons (Fsp3) is 1.00. The molecule has 0 aliphatic rings. The Balaban J connectivity index is 3.00. The number of ether oxygens (including phenoxy) is 8. The van der Waals surface area contributed by atoms with Crippen LogP contribution < -0.4 is 0 Å². The molecule has 0 heterocycles. The van der Waals surface area contributed by atoms with E-state index in [1.165, 1.54) is 57.8 Å². The smallest absolute Gasteiger partial charge is 0.0701 e. The lowest BCUT2D eigenvalue weighted by Crippen LogP contribution is -2.15. The predicted molar refractivity (Wildman–Crippen MR) is 152 cm³/mol. The Morgan fingerprint density at radius 3 is 0.838 bits per heavy atom. The van der Waals surface area contributed by atoms with Crippen molar-refractivity contribution in [3.63, 3.8) is 0 Å². The Hall–Kier alpha value is 0.160. The van der Waals surface area contributed by atoms with E-state index in [2.05, 4.69) is 22.9 Å². The molecule has 224 valence electrons. The van der Waals surface area contributed by atoms with Gasteiger partial charge in [0.05, 0.1) is 99.1 Å². The summed E-state index contributed by atoms with van der Waals surface area (Å²) in [5.74, 6) is 0. The molecule has 0 atom stereocenters. The average Bonchev–Trinajstić information content (AvgIpc) is 2.91. The summed E-state index contributed by atoms with van der Waals surface area (Å²) >= 11 is 3.30. The van der Waals surface area contributed by atoms with Crippen molar-refractivity contribution in [1.82, 2.24) is 0 Å². The van der Waals surface area contributed by atoms with Crippen LogP contribution in [0.4, 0.5) is 0 Å². The lowest BCUT2D eigenvalue weighted by Gasteiger charge is -2.08. The molecule has 37 heavy (non-hydrogen) atoms. The number of hydrogen-bond acceptors (Lipinski definition) is 8. The van der Waals surface area contributed by atoms with Gasteiger partial charge in [0.25, 0.3) is 0 Å². The van der Waals surface area contributed by atoms with E-state index in [-0.39, 0.29) is 0 Å². The van der Waals surface area contributed by atoms with E-state index >= 15 is 0 Å². The van der Waals surface area contributed by atoms with Crippen LogP contribution in [0.15, 0.2) is 0 Å². The first-order chi connectivity index (χ1) is 18.4. The molecular formula is C28H57BrO8. The summed E-state index contributed by atoms with van der Waals surface area (Å²) < 4.78 is 43.7. The standard InChI is InChI=1S/C28H57BrO8/c1-2-3-4-5-6-7-8-9-10-11-13-30-15-17-32-19-21-34-23-25-36-27-28-37-26-24-35-22-20-33-18-16-31-14-12-29/h2-28H2,1H3. The quantitative estimate of drug-likeness (QED) is 0.0714. The summed E-state index contributed by atoms with van der Waals surface area (Å²) in [6.45, 7) is 11.9. The van der Waals surface area contributed by atoms with Crippen molar-refractivity contribution in [2.24, 2.45) is 0 Å². The predicted octanol–water partition coefficient (Wildman–Crippen LogP) is 5.44. The molecule has 0 unspecified atom stereocenters. The van der Waals surface area contributed by atoms with Crippen molar-refractivity contribution in [2.45, 2.75) is 71.1 Å². The molecule has 0 aliphatic heterocycles. The van der Waals surface area contributed by atoms with Gasteiger partial charge in [-0.3, -0.25) is 0 Å². The Morgan fingerprint density at radius 1 is 0.297 bits per heavy atom. The Morgan fingerprint density at radius 2 is 0.541 bits per heavy atom. The van der Waals surface area contributed by atoms with Gasteiger partial charge in [-0.05, 0) is 6.42 Å². The van der Waals surface area contributed by atoms with Gasteiger partial charge in [-0.15, -0.1) is 0 Å². The van der Waals surface area contributed by atoms with Gasteiger partial charge < -0.3 is 37.9 Å². The van der Waals surface area contributed by atoms with Crippen molar-refractivity contribution in [2.75, 3.05) is 111 Å². The van der Waals surface area contributed by atoms with Crippen LogP contribution in [-0.2, 0) is 37.9 Å². The molecule has 0 fully saturated rings. The Labute approximate surface area is 235 Å². The molecule has 0 saturated carbocycles. The van der Waals surface area contributed by atoms with Crippen molar-refractivity contribution >= 4 is 15.9 Å². The van der Waals surface area contributed by atoms with Gasteiger partial charge >= 0.3 is 0 Å². The number of alkyl halides is 1. The first kappa shape index (κ1) is 37.2. The van der Waals surface area contributed by atoms with Crippen LogP contribution in [0.5, 0.6) is 0 Å². The van der Waals surface area contributed by atoms with Gasteiger partial charge in [0, 0.05) is 11.9 Å². The lowest BCUT2D eigenvalue weighted by molar-refractivity contribution is -0.0228. The van der Waals surface area contributed by atoms with Crippen molar-refractivity contribution in [3.05, 3.63) is 0 Å². The molecule has 0 aromatic rings. The SMILES string of the molecule is CCCCCCCCCCCCOCCOCCOCCOCCOCCOCCOCCOCCBr. The zero-order valence-electron chi connectivity index (χ0n) is 23.7. The molecule has 8 nitrogen and oxygen atoms in total. The second-order valence-corrected chi connectivity index (χ2v) is 9.56. The van der Waals surface area contributed by atoms with Crippen LogP contribution in [-0.4, -0.2) is 111 Å². The maximum absolute atomic E-state index is 5.63. The lowest BCUT2D eigenvalue weighted by atomic mass is 10.1. The zero-order chi connectivity index (χ0) is 26.7. The minimum absolute atomic E-state index is 0.549. The van der Waals surface area contributed by atoms with Crippen LogP contribution in [0, 0.1) is 0 Å². The highest BCUT2D eigenvalue weighted by Gasteiger charge is 1.96. The summed E-state index contributed by atoms with van der Waals surface area (Å²) in [5.41, 5.74) is 0. The van der Waals surface area contributed by atoms with Crippen LogP contribution in [0.25, 0.3) is 0 Å². The monoisotopic (exact) mass is 600 g/mol. The summed E-state index contributed by atoms with van der Waals surface area (Å²) in [7, 11) is 0. The Bertz CT molecular complexity index is 359. The van der Waals surface area contributed by atoms with Gasteiger partial charge in [0.1, 0.15) is 0 Å². The van der Waals surface area contributed by atoms with Gasteiger partial charge in [0.2, 0.25) is 0 Å². The summed E-state index contributed by atoms with van der Waals surface area (Å²) in [6, 6.07) is 0. The van der Waals surface area contributed by atoms with Gasteiger partial charge in [0.15, 0.2) is 0 Å². The molecule has 0 rings (SSSR count). The van der Waals surface area contributed by atoms with Crippen LogP contribution >= 0.6 is 15.9 Å². The third-order valence-electron chi connectivity index (χ3n) is 5.47. The zero-order valence-corrected chi connectivity index (χ0v) is 25.3. The largest absolute Gasteiger partial charge is 0.379 e. The van der Waals surface area contributed by atoms with Crippen LogP contribution in [0.2, 0.25) is 0 Å². The second kappa shape index (κ2) is 36.2. The van der Waals surface area contributed by atoms with E-state index in [4.69, 9.17) is 37.9 Å². The minimum atomic E-state index is 0.549. The molecule has 0 amide bonds. The van der Waals surface area contributed by atoms with E-state index in [0.717, 1.165) is 18.4 Å². The van der Waals surface area contributed by atoms with Crippen molar-refractivity contribution in [3.8, 4) is 0 Å². The molecule has 0 spiro atoms. The average molecular weight is 602 g/mol. The highest BCUT2D eigenvalue weighted by atomic mass is 79.9. The molecule has 0 aliphatic carbocycles. The normalized spacial score (nSPS) is 11.5. The third-order valence-corrected chi connectivity index (χ3v) is 5.79. The molecule has 0 aromatic carbocycles. The molecule has 0 bridgehead atoms.